The molecular formula is C17H18BrN3O. The average Bonchev–Trinajstić information content (AvgIpc) is 2.49. The van der Waals surface area contributed by atoms with Gasteiger partial charge in [-0.25, -0.2) is 4.79 Å². The lowest BCUT2D eigenvalue weighted by Gasteiger charge is -2.13. The van der Waals surface area contributed by atoms with E-state index in [1.165, 1.54) is 0 Å². The van der Waals surface area contributed by atoms with Crippen molar-refractivity contribution < 1.29 is 4.79 Å². The van der Waals surface area contributed by atoms with E-state index in [-0.39, 0.29) is 6.03 Å². The lowest BCUT2D eigenvalue weighted by molar-refractivity contribution is 0.255. The van der Waals surface area contributed by atoms with Gasteiger partial charge in [0.15, 0.2) is 0 Å². The molecule has 0 aliphatic rings. The summed E-state index contributed by atoms with van der Waals surface area (Å²) >= 11 is 3.45. The Hall–Kier alpha value is -2.27. The van der Waals surface area contributed by atoms with Crippen molar-refractivity contribution >= 4 is 39.4 Å². The van der Waals surface area contributed by atoms with Gasteiger partial charge in [-0.1, -0.05) is 40.2 Å². The Bertz CT molecular complexity index is 683. The SMILES string of the molecule is CN(C)c1cccc(NC(=O)N/C=C/c2ccccc2Br)c1. The van der Waals surface area contributed by atoms with Crippen LogP contribution in [0.5, 0.6) is 0 Å². The molecular weight excluding hydrogens is 342 g/mol. The standard InChI is InChI=1S/C17H18BrN3O/c1-21(2)15-8-5-7-14(12-15)20-17(22)19-11-10-13-6-3-4-9-16(13)18/h3-12H,1-2H3,(H2,19,20,22)/b11-10+. The van der Waals surface area contributed by atoms with Crippen LogP contribution in [0.3, 0.4) is 0 Å². The predicted molar refractivity (Wildman–Crippen MR) is 96.1 cm³/mol. The van der Waals surface area contributed by atoms with Gasteiger partial charge in [0.1, 0.15) is 0 Å². The zero-order valence-corrected chi connectivity index (χ0v) is 14.1. The minimum Gasteiger partial charge on any atom is -0.378 e. The lowest BCUT2D eigenvalue weighted by atomic mass is 10.2. The summed E-state index contributed by atoms with van der Waals surface area (Å²) in [4.78, 5) is 13.9. The maximum atomic E-state index is 11.9. The molecule has 0 spiro atoms. The number of hydrogen-bond acceptors (Lipinski definition) is 2. The number of amides is 2. The van der Waals surface area contributed by atoms with Crippen molar-refractivity contribution in [1.82, 2.24) is 5.32 Å². The minimum absolute atomic E-state index is 0.279. The summed E-state index contributed by atoms with van der Waals surface area (Å²) in [6.45, 7) is 0. The highest BCUT2D eigenvalue weighted by atomic mass is 79.9. The van der Waals surface area contributed by atoms with Gasteiger partial charge in [0.05, 0.1) is 0 Å². The molecule has 4 nitrogen and oxygen atoms in total. The Morgan fingerprint density at radius 3 is 2.64 bits per heavy atom. The largest absolute Gasteiger partial charge is 0.378 e. The second-order valence-corrected chi connectivity index (χ2v) is 5.75. The Labute approximate surface area is 139 Å². The van der Waals surface area contributed by atoms with Gasteiger partial charge < -0.3 is 15.5 Å². The Morgan fingerprint density at radius 1 is 1.14 bits per heavy atom. The van der Waals surface area contributed by atoms with Crippen LogP contribution in [0.15, 0.2) is 59.2 Å². The van der Waals surface area contributed by atoms with Gasteiger partial charge in [0.2, 0.25) is 0 Å². The van der Waals surface area contributed by atoms with Crippen LogP contribution in [0.4, 0.5) is 16.2 Å². The van der Waals surface area contributed by atoms with E-state index in [2.05, 4.69) is 26.6 Å². The summed E-state index contributed by atoms with van der Waals surface area (Å²) in [7, 11) is 3.92. The second-order valence-electron chi connectivity index (χ2n) is 4.90. The summed E-state index contributed by atoms with van der Waals surface area (Å²) < 4.78 is 0.979. The van der Waals surface area contributed by atoms with Crippen LogP contribution in [-0.2, 0) is 0 Å². The molecule has 0 fully saturated rings. The van der Waals surface area contributed by atoms with Gasteiger partial charge in [0.25, 0.3) is 0 Å². The van der Waals surface area contributed by atoms with E-state index in [4.69, 9.17) is 0 Å². The maximum absolute atomic E-state index is 11.9. The van der Waals surface area contributed by atoms with E-state index in [0.717, 1.165) is 21.4 Å². The first-order valence-corrected chi connectivity index (χ1v) is 7.61. The van der Waals surface area contributed by atoms with Crippen molar-refractivity contribution in [2.75, 3.05) is 24.3 Å². The van der Waals surface area contributed by atoms with Gasteiger partial charge >= 0.3 is 6.03 Å². The first kappa shape index (κ1) is 16.1. The molecule has 0 atom stereocenters. The number of nitrogens with one attached hydrogen (secondary N) is 2. The molecule has 0 bridgehead atoms. The second kappa shape index (κ2) is 7.66. The van der Waals surface area contributed by atoms with Crippen molar-refractivity contribution in [3.05, 3.63) is 64.8 Å². The number of urea groups is 1. The fourth-order valence-electron chi connectivity index (χ4n) is 1.85. The third-order valence-corrected chi connectivity index (χ3v) is 3.73. The topological polar surface area (TPSA) is 44.4 Å². The normalized spacial score (nSPS) is 10.5. The number of halogens is 1. The zero-order valence-electron chi connectivity index (χ0n) is 12.5. The van der Waals surface area contributed by atoms with E-state index in [1.807, 2.05) is 73.6 Å². The average molecular weight is 360 g/mol. The van der Waals surface area contributed by atoms with Crippen molar-refractivity contribution in [3.63, 3.8) is 0 Å². The van der Waals surface area contributed by atoms with Gasteiger partial charge in [-0.3, -0.25) is 0 Å². The van der Waals surface area contributed by atoms with E-state index in [1.54, 1.807) is 6.20 Å². The zero-order chi connectivity index (χ0) is 15.9. The van der Waals surface area contributed by atoms with Crippen LogP contribution in [0.2, 0.25) is 0 Å². The smallest absolute Gasteiger partial charge is 0.323 e. The highest BCUT2D eigenvalue weighted by molar-refractivity contribution is 9.10. The molecule has 0 aliphatic carbocycles. The first-order chi connectivity index (χ1) is 10.6. The van der Waals surface area contributed by atoms with Gasteiger partial charge in [-0.05, 0) is 35.9 Å². The Kier molecular flexibility index (Phi) is 5.61. The fraction of sp³-hybridized carbons (Fsp3) is 0.118. The van der Waals surface area contributed by atoms with Crippen LogP contribution in [0.25, 0.3) is 6.08 Å². The van der Waals surface area contributed by atoms with Crippen molar-refractivity contribution in [2.24, 2.45) is 0 Å². The number of benzene rings is 2. The van der Waals surface area contributed by atoms with Gasteiger partial charge in [0, 0.05) is 36.1 Å². The number of anilines is 2. The van der Waals surface area contributed by atoms with Gasteiger partial charge in [-0.15, -0.1) is 0 Å². The minimum atomic E-state index is -0.279. The molecule has 2 amide bonds. The van der Waals surface area contributed by atoms with Crippen molar-refractivity contribution in [2.45, 2.75) is 0 Å². The monoisotopic (exact) mass is 359 g/mol. The summed E-state index contributed by atoms with van der Waals surface area (Å²) in [5, 5.41) is 5.49. The molecule has 0 unspecified atom stereocenters. The van der Waals surface area contributed by atoms with Crippen molar-refractivity contribution in [3.8, 4) is 0 Å². The predicted octanol–water partition coefficient (Wildman–Crippen LogP) is 4.31. The summed E-state index contributed by atoms with van der Waals surface area (Å²) in [5.74, 6) is 0. The molecule has 2 aromatic rings. The molecule has 5 heteroatoms. The highest BCUT2D eigenvalue weighted by Gasteiger charge is 2.01. The lowest BCUT2D eigenvalue weighted by Crippen LogP contribution is -2.23. The number of carbonyl (C=O) groups excluding carboxylic acids is 1. The summed E-state index contributed by atoms with van der Waals surface area (Å²) in [6.07, 6.45) is 3.45. The molecule has 114 valence electrons. The quantitative estimate of drug-likeness (QED) is 0.854. The summed E-state index contributed by atoms with van der Waals surface area (Å²) in [6, 6.07) is 15.2. The van der Waals surface area contributed by atoms with E-state index < -0.39 is 0 Å². The molecule has 2 N–H and O–H groups in total. The highest BCUT2D eigenvalue weighted by Crippen LogP contribution is 2.18. The molecule has 0 radical (unpaired) electrons. The molecule has 2 aromatic carbocycles. The van der Waals surface area contributed by atoms with Crippen LogP contribution >= 0.6 is 15.9 Å². The van der Waals surface area contributed by atoms with Crippen LogP contribution < -0.4 is 15.5 Å². The third-order valence-electron chi connectivity index (χ3n) is 3.00. The van der Waals surface area contributed by atoms with Gasteiger partial charge in [-0.2, -0.15) is 0 Å². The number of hydrogen-bond donors (Lipinski definition) is 2. The third kappa shape index (κ3) is 4.63. The van der Waals surface area contributed by atoms with Crippen LogP contribution in [-0.4, -0.2) is 20.1 Å². The molecule has 0 saturated carbocycles. The summed E-state index contributed by atoms with van der Waals surface area (Å²) in [5.41, 5.74) is 2.77. The fourth-order valence-corrected chi connectivity index (χ4v) is 2.26. The van der Waals surface area contributed by atoms with Crippen molar-refractivity contribution in [1.29, 1.82) is 0 Å². The molecule has 0 saturated heterocycles. The Morgan fingerprint density at radius 2 is 1.91 bits per heavy atom. The molecule has 2 rings (SSSR count). The molecule has 0 heterocycles. The first-order valence-electron chi connectivity index (χ1n) is 6.82. The molecule has 22 heavy (non-hydrogen) atoms. The van der Waals surface area contributed by atoms with E-state index >= 15 is 0 Å². The number of nitrogens with zero attached hydrogens (tertiary/aromatic N) is 1. The number of carbonyl (C=O) groups is 1. The van der Waals surface area contributed by atoms with E-state index in [9.17, 15) is 4.79 Å². The van der Waals surface area contributed by atoms with Crippen LogP contribution in [0, 0.1) is 0 Å². The molecule has 0 aromatic heterocycles. The molecule has 0 aliphatic heterocycles. The number of rotatable bonds is 4. The Balaban J connectivity index is 1.93. The maximum Gasteiger partial charge on any atom is 0.323 e. The van der Waals surface area contributed by atoms with E-state index in [0.29, 0.717) is 0 Å². The van der Waals surface area contributed by atoms with Crippen LogP contribution in [0.1, 0.15) is 5.56 Å².